The van der Waals surface area contributed by atoms with E-state index in [0.717, 1.165) is 25.1 Å². The second kappa shape index (κ2) is 10.1. The molecule has 0 radical (unpaired) electrons. The number of hydrogen-bond donors (Lipinski definition) is 3. The third-order valence-corrected chi connectivity index (χ3v) is 3.93. The Hall–Kier alpha value is -1.83. The molecule has 0 saturated heterocycles. The molecule has 1 aromatic heterocycles. The van der Waals surface area contributed by atoms with Crippen LogP contribution in [0.2, 0.25) is 0 Å². The molecule has 3 N–H and O–H groups in total. The molecule has 0 fully saturated rings. The van der Waals surface area contributed by atoms with Crippen LogP contribution in [0.25, 0.3) is 0 Å². The van der Waals surface area contributed by atoms with Gasteiger partial charge in [0.25, 0.3) is 0 Å². The first-order valence-electron chi connectivity index (χ1n) is 8.18. The number of carbonyl (C=O) groups is 1. The molecule has 0 aliphatic rings. The number of aromatic nitrogens is 1. The zero-order chi connectivity index (χ0) is 18.0. The van der Waals surface area contributed by atoms with Crippen LogP contribution >= 0.6 is 11.3 Å². The van der Waals surface area contributed by atoms with E-state index in [0.29, 0.717) is 19.0 Å². The van der Waals surface area contributed by atoms with Crippen molar-refractivity contribution in [2.75, 3.05) is 26.7 Å². The number of hydrogen-bond acceptors (Lipinski definition) is 5. The molecule has 8 heteroatoms. The van der Waals surface area contributed by atoms with Crippen molar-refractivity contribution in [3.63, 3.8) is 0 Å². The topological polar surface area (TPSA) is 87.6 Å². The van der Waals surface area contributed by atoms with Crippen molar-refractivity contribution in [2.45, 2.75) is 46.1 Å². The van der Waals surface area contributed by atoms with Crippen molar-refractivity contribution in [1.29, 1.82) is 0 Å². The van der Waals surface area contributed by atoms with Crippen LogP contribution in [0.4, 0.5) is 4.79 Å². The molecule has 0 aromatic carbocycles. The second-order valence-electron chi connectivity index (χ2n) is 6.19. The number of alkyl carbamates (subject to hydrolysis) is 1. The van der Waals surface area contributed by atoms with E-state index >= 15 is 0 Å². The molecular weight excluding hydrogens is 326 g/mol. The van der Waals surface area contributed by atoms with Crippen LogP contribution < -0.4 is 16.0 Å². The molecule has 0 unspecified atom stereocenters. The molecule has 0 atom stereocenters. The van der Waals surface area contributed by atoms with E-state index in [1.54, 1.807) is 18.4 Å². The van der Waals surface area contributed by atoms with Crippen molar-refractivity contribution in [3.8, 4) is 0 Å². The number of rotatable bonds is 7. The lowest BCUT2D eigenvalue weighted by Crippen LogP contribution is -2.43. The Balaban J connectivity index is 2.17. The van der Waals surface area contributed by atoms with Crippen LogP contribution in [-0.4, -0.2) is 49.3 Å². The Kier molecular flexibility index (Phi) is 8.53. The van der Waals surface area contributed by atoms with Crippen molar-refractivity contribution >= 4 is 23.4 Å². The average molecular weight is 356 g/mol. The second-order valence-corrected chi connectivity index (χ2v) is 7.13. The van der Waals surface area contributed by atoms with E-state index in [4.69, 9.17) is 4.74 Å². The van der Waals surface area contributed by atoms with Crippen molar-refractivity contribution in [3.05, 3.63) is 16.1 Å². The number of thiazole rings is 1. The largest absolute Gasteiger partial charge is 0.444 e. The first-order valence-corrected chi connectivity index (χ1v) is 9.06. The van der Waals surface area contributed by atoms with Gasteiger partial charge in [0.2, 0.25) is 0 Å². The van der Waals surface area contributed by atoms with Crippen molar-refractivity contribution in [2.24, 2.45) is 4.99 Å². The number of aliphatic imine (C=N–C) groups is 1. The van der Waals surface area contributed by atoms with E-state index in [2.05, 4.69) is 38.2 Å². The van der Waals surface area contributed by atoms with Gasteiger partial charge in [0.15, 0.2) is 5.96 Å². The molecule has 1 rings (SSSR count). The fourth-order valence-electron chi connectivity index (χ4n) is 1.82. The number of carbonyl (C=O) groups excluding carboxylic acids is 1. The Bertz CT molecular complexity index is 537. The SMILES string of the molecule is CCc1nc(CCNC(=NC)NCCNC(=O)OC(C)(C)C)cs1. The summed E-state index contributed by atoms with van der Waals surface area (Å²) < 4.78 is 5.17. The predicted molar refractivity (Wildman–Crippen MR) is 98.8 cm³/mol. The third-order valence-electron chi connectivity index (χ3n) is 2.88. The lowest BCUT2D eigenvalue weighted by molar-refractivity contribution is 0.0529. The van der Waals surface area contributed by atoms with E-state index in [-0.39, 0.29) is 0 Å². The summed E-state index contributed by atoms with van der Waals surface area (Å²) in [4.78, 5) is 20.2. The van der Waals surface area contributed by atoms with Crippen LogP contribution in [0, 0.1) is 0 Å². The van der Waals surface area contributed by atoms with Gasteiger partial charge < -0.3 is 20.7 Å². The van der Waals surface area contributed by atoms with Gasteiger partial charge >= 0.3 is 6.09 Å². The molecule has 1 heterocycles. The van der Waals surface area contributed by atoms with Gasteiger partial charge in [-0.25, -0.2) is 9.78 Å². The lowest BCUT2D eigenvalue weighted by atomic mass is 10.2. The molecule has 24 heavy (non-hydrogen) atoms. The van der Waals surface area contributed by atoms with E-state index in [1.165, 1.54) is 5.01 Å². The maximum absolute atomic E-state index is 11.5. The highest BCUT2D eigenvalue weighted by Gasteiger charge is 2.15. The van der Waals surface area contributed by atoms with E-state index in [9.17, 15) is 4.79 Å². The lowest BCUT2D eigenvalue weighted by Gasteiger charge is -2.19. The van der Waals surface area contributed by atoms with Gasteiger partial charge in [0.1, 0.15) is 5.60 Å². The summed E-state index contributed by atoms with van der Waals surface area (Å²) in [5.74, 6) is 0.701. The summed E-state index contributed by atoms with van der Waals surface area (Å²) in [6.07, 6.45) is 1.42. The van der Waals surface area contributed by atoms with E-state index < -0.39 is 11.7 Å². The summed E-state index contributed by atoms with van der Waals surface area (Å²) in [6.45, 7) is 9.40. The number of nitrogens with zero attached hydrogens (tertiary/aromatic N) is 2. The first-order chi connectivity index (χ1) is 11.3. The molecule has 7 nitrogen and oxygen atoms in total. The van der Waals surface area contributed by atoms with Crippen LogP contribution in [0.5, 0.6) is 0 Å². The van der Waals surface area contributed by atoms with Crippen LogP contribution in [0.15, 0.2) is 10.4 Å². The molecule has 0 bridgehead atoms. The van der Waals surface area contributed by atoms with Crippen LogP contribution in [0.3, 0.4) is 0 Å². The Morgan fingerprint density at radius 3 is 2.50 bits per heavy atom. The van der Waals surface area contributed by atoms with Gasteiger partial charge in [-0.15, -0.1) is 11.3 Å². The van der Waals surface area contributed by atoms with Crippen molar-refractivity contribution in [1.82, 2.24) is 20.9 Å². The zero-order valence-corrected chi connectivity index (χ0v) is 16.0. The van der Waals surface area contributed by atoms with Crippen molar-refractivity contribution < 1.29 is 9.53 Å². The summed E-state index contributed by atoms with van der Waals surface area (Å²) in [5, 5.41) is 12.3. The molecule has 136 valence electrons. The summed E-state index contributed by atoms with van der Waals surface area (Å²) in [5.41, 5.74) is 0.619. The van der Waals surface area contributed by atoms with Gasteiger partial charge in [-0.05, 0) is 27.2 Å². The quantitative estimate of drug-likeness (QED) is 0.395. The number of amides is 1. The Morgan fingerprint density at radius 1 is 1.25 bits per heavy atom. The molecule has 0 aliphatic heterocycles. The van der Waals surface area contributed by atoms with Gasteiger partial charge in [0.05, 0.1) is 10.7 Å². The average Bonchev–Trinajstić information content (AvgIpc) is 2.96. The minimum absolute atomic E-state index is 0.414. The summed E-state index contributed by atoms with van der Waals surface area (Å²) in [7, 11) is 1.72. The Morgan fingerprint density at radius 2 is 1.92 bits per heavy atom. The first kappa shape index (κ1) is 20.2. The fourth-order valence-corrected chi connectivity index (χ4v) is 2.59. The van der Waals surface area contributed by atoms with Gasteiger partial charge in [0, 0.05) is 38.5 Å². The smallest absolute Gasteiger partial charge is 0.407 e. The molecule has 1 aromatic rings. The monoisotopic (exact) mass is 355 g/mol. The maximum Gasteiger partial charge on any atom is 0.407 e. The molecule has 1 amide bonds. The third kappa shape index (κ3) is 8.71. The zero-order valence-electron chi connectivity index (χ0n) is 15.2. The standard InChI is InChI=1S/C16H29N5O2S/c1-6-13-21-12(11-24-13)7-8-18-14(17-5)19-9-10-20-15(22)23-16(2,3)4/h11H,6-10H2,1-5H3,(H,20,22)(H2,17,18,19). The van der Waals surface area contributed by atoms with Gasteiger partial charge in [-0.1, -0.05) is 6.92 Å². The highest BCUT2D eigenvalue weighted by Crippen LogP contribution is 2.10. The minimum atomic E-state index is -0.484. The van der Waals surface area contributed by atoms with E-state index in [1.807, 2.05) is 20.8 Å². The molecule has 0 saturated carbocycles. The highest BCUT2D eigenvalue weighted by atomic mass is 32.1. The maximum atomic E-state index is 11.5. The summed E-state index contributed by atoms with van der Waals surface area (Å²) in [6, 6.07) is 0. The number of guanidine groups is 1. The minimum Gasteiger partial charge on any atom is -0.444 e. The van der Waals surface area contributed by atoms with Crippen LogP contribution in [0.1, 0.15) is 38.4 Å². The predicted octanol–water partition coefficient (Wildman–Crippen LogP) is 1.94. The fraction of sp³-hybridized carbons (Fsp3) is 0.688. The van der Waals surface area contributed by atoms with Crippen LogP contribution in [-0.2, 0) is 17.6 Å². The number of nitrogens with one attached hydrogen (secondary N) is 3. The summed E-state index contributed by atoms with van der Waals surface area (Å²) >= 11 is 1.70. The molecule has 0 spiro atoms. The molecule has 0 aliphatic carbocycles. The van der Waals surface area contributed by atoms with Gasteiger partial charge in [-0.2, -0.15) is 0 Å². The number of ether oxygens (including phenoxy) is 1. The normalized spacial score (nSPS) is 12.0. The van der Waals surface area contributed by atoms with Gasteiger partial charge in [-0.3, -0.25) is 4.99 Å². The molecular formula is C16H29N5O2S. The Labute approximate surface area is 148 Å². The highest BCUT2D eigenvalue weighted by molar-refractivity contribution is 7.09. The number of aryl methyl sites for hydroxylation is 1.